The molecule has 2 atom stereocenters. The molecule has 2 unspecified atom stereocenters. The minimum absolute atomic E-state index is 0.576. The molecule has 1 aliphatic heterocycles. The van der Waals surface area contributed by atoms with E-state index in [1.807, 2.05) is 7.05 Å². The number of likely N-dealkylation sites (N-methyl/N-ethyl adjacent to an activating group) is 1. The molecule has 0 aromatic heterocycles. The van der Waals surface area contributed by atoms with Gasteiger partial charge < -0.3 is 10.1 Å². The Balaban J connectivity index is 2.35. The number of nitrogens with zero attached hydrogens (tertiary/aromatic N) is 1. The summed E-state index contributed by atoms with van der Waals surface area (Å²) >= 11 is 0. The Labute approximate surface area is 81.4 Å². The van der Waals surface area contributed by atoms with Crippen LogP contribution in [-0.2, 0) is 4.74 Å². The molecule has 3 heteroatoms. The van der Waals surface area contributed by atoms with Gasteiger partial charge in [-0.05, 0) is 20.4 Å². The molecule has 0 aliphatic carbocycles. The molecule has 1 heterocycles. The summed E-state index contributed by atoms with van der Waals surface area (Å²) in [6.07, 6.45) is 1.19. The molecule has 0 aromatic carbocycles. The van der Waals surface area contributed by atoms with Crippen LogP contribution in [0.1, 0.15) is 20.3 Å². The lowest BCUT2D eigenvalue weighted by molar-refractivity contribution is -0.0114. The lowest BCUT2D eigenvalue weighted by Crippen LogP contribution is -2.49. The second kappa shape index (κ2) is 5.58. The number of ether oxygens (including phenoxy) is 1. The molecule has 0 saturated carbocycles. The van der Waals surface area contributed by atoms with Gasteiger partial charge in [0, 0.05) is 25.2 Å². The van der Waals surface area contributed by atoms with Crippen molar-refractivity contribution in [1.29, 1.82) is 0 Å². The SMILES string of the molecule is CCC1COCCN1CC(C)NC. The van der Waals surface area contributed by atoms with Crippen molar-refractivity contribution in [3.05, 3.63) is 0 Å². The van der Waals surface area contributed by atoms with E-state index < -0.39 is 0 Å². The third-order valence-electron chi connectivity index (χ3n) is 2.82. The van der Waals surface area contributed by atoms with Crippen molar-refractivity contribution in [3.63, 3.8) is 0 Å². The van der Waals surface area contributed by atoms with Gasteiger partial charge >= 0.3 is 0 Å². The molecule has 0 bridgehead atoms. The summed E-state index contributed by atoms with van der Waals surface area (Å²) in [4.78, 5) is 2.53. The Hall–Kier alpha value is -0.120. The average Bonchev–Trinajstić information content (AvgIpc) is 2.18. The molecule has 0 radical (unpaired) electrons. The zero-order valence-corrected chi connectivity index (χ0v) is 9.05. The lowest BCUT2D eigenvalue weighted by Gasteiger charge is -2.36. The lowest BCUT2D eigenvalue weighted by atomic mass is 10.1. The first kappa shape index (κ1) is 11.0. The number of hydrogen-bond acceptors (Lipinski definition) is 3. The zero-order chi connectivity index (χ0) is 9.68. The Bertz CT molecular complexity index is 141. The van der Waals surface area contributed by atoms with Crippen LogP contribution >= 0.6 is 0 Å². The molecule has 1 aliphatic rings. The monoisotopic (exact) mass is 186 g/mol. The maximum absolute atomic E-state index is 5.46. The van der Waals surface area contributed by atoms with Crippen molar-refractivity contribution < 1.29 is 4.74 Å². The number of nitrogens with one attached hydrogen (secondary N) is 1. The summed E-state index contributed by atoms with van der Waals surface area (Å²) in [5.41, 5.74) is 0. The minimum Gasteiger partial charge on any atom is -0.378 e. The van der Waals surface area contributed by atoms with Crippen LogP contribution in [0.4, 0.5) is 0 Å². The van der Waals surface area contributed by atoms with Crippen molar-refractivity contribution in [2.75, 3.05) is 33.4 Å². The van der Waals surface area contributed by atoms with Crippen LogP contribution < -0.4 is 5.32 Å². The van der Waals surface area contributed by atoms with Crippen LogP contribution in [0.2, 0.25) is 0 Å². The summed E-state index contributed by atoms with van der Waals surface area (Å²) in [6.45, 7) is 8.49. The molecule has 0 aromatic rings. The van der Waals surface area contributed by atoms with Gasteiger partial charge in [0.25, 0.3) is 0 Å². The molecule has 0 amide bonds. The largest absolute Gasteiger partial charge is 0.378 e. The van der Waals surface area contributed by atoms with Gasteiger partial charge in [0.05, 0.1) is 13.2 Å². The standard InChI is InChI=1S/C10H22N2O/c1-4-10-8-13-6-5-12(10)7-9(2)11-3/h9-11H,4-8H2,1-3H3. The molecular weight excluding hydrogens is 164 g/mol. The van der Waals surface area contributed by atoms with Crippen LogP contribution in [0.15, 0.2) is 0 Å². The van der Waals surface area contributed by atoms with Gasteiger partial charge in [-0.25, -0.2) is 0 Å². The fourth-order valence-electron chi connectivity index (χ4n) is 1.75. The highest BCUT2D eigenvalue weighted by atomic mass is 16.5. The first-order valence-electron chi connectivity index (χ1n) is 5.27. The number of rotatable bonds is 4. The molecular formula is C10H22N2O. The maximum Gasteiger partial charge on any atom is 0.0622 e. The highest BCUT2D eigenvalue weighted by Crippen LogP contribution is 2.10. The number of morpholine rings is 1. The predicted molar refractivity (Wildman–Crippen MR) is 55.0 cm³/mol. The minimum atomic E-state index is 0.576. The van der Waals surface area contributed by atoms with E-state index in [1.165, 1.54) is 6.42 Å². The molecule has 13 heavy (non-hydrogen) atoms. The summed E-state index contributed by atoms with van der Waals surface area (Å²) in [6, 6.07) is 1.21. The molecule has 1 saturated heterocycles. The Kier molecular flexibility index (Phi) is 4.70. The van der Waals surface area contributed by atoms with E-state index in [9.17, 15) is 0 Å². The first-order chi connectivity index (χ1) is 6.27. The van der Waals surface area contributed by atoms with Crippen molar-refractivity contribution in [2.45, 2.75) is 32.4 Å². The van der Waals surface area contributed by atoms with Crippen LogP contribution in [0, 0.1) is 0 Å². The Morgan fingerprint density at radius 3 is 3.00 bits per heavy atom. The Morgan fingerprint density at radius 1 is 1.62 bits per heavy atom. The predicted octanol–water partition coefficient (Wildman–Crippen LogP) is 0.705. The van der Waals surface area contributed by atoms with Crippen LogP contribution in [-0.4, -0.2) is 50.3 Å². The average molecular weight is 186 g/mol. The van der Waals surface area contributed by atoms with E-state index in [2.05, 4.69) is 24.1 Å². The van der Waals surface area contributed by atoms with E-state index in [0.717, 1.165) is 26.3 Å². The second-order valence-corrected chi connectivity index (χ2v) is 3.82. The van der Waals surface area contributed by atoms with Gasteiger partial charge in [-0.1, -0.05) is 6.92 Å². The van der Waals surface area contributed by atoms with Crippen molar-refractivity contribution in [1.82, 2.24) is 10.2 Å². The normalized spacial score (nSPS) is 27.5. The maximum atomic E-state index is 5.46. The highest BCUT2D eigenvalue weighted by Gasteiger charge is 2.21. The fourth-order valence-corrected chi connectivity index (χ4v) is 1.75. The van der Waals surface area contributed by atoms with E-state index in [4.69, 9.17) is 4.74 Å². The third kappa shape index (κ3) is 3.25. The van der Waals surface area contributed by atoms with Gasteiger partial charge in [-0.2, -0.15) is 0 Å². The summed E-state index contributed by atoms with van der Waals surface area (Å²) in [7, 11) is 2.02. The van der Waals surface area contributed by atoms with Crippen molar-refractivity contribution >= 4 is 0 Å². The highest BCUT2D eigenvalue weighted by molar-refractivity contribution is 4.76. The smallest absolute Gasteiger partial charge is 0.0622 e. The van der Waals surface area contributed by atoms with Gasteiger partial charge in [0.2, 0.25) is 0 Å². The van der Waals surface area contributed by atoms with Gasteiger partial charge in [0.15, 0.2) is 0 Å². The zero-order valence-electron chi connectivity index (χ0n) is 9.05. The van der Waals surface area contributed by atoms with Crippen LogP contribution in [0.5, 0.6) is 0 Å². The van der Waals surface area contributed by atoms with E-state index in [0.29, 0.717) is 12.1 Å². The fraction of sp³-hybridized carbons (Fsp3) is 1.00. The molecule has 1 rings (SSSR count). The summed E-state index contributed by atoms with van der Waals surface area (Å²) < 4.78 is 5.46. The van der Waals surface area contributed by atoms with Gasteiger partial charge in [-0.15, -0.1) is 0 Å². The third-order valence-corrected chi connectivity index (χ3v) is 2.82. The Morgan fingerprint density at radius 2 is 2.38 bits per heavy atom. The van der Waals surface area contributed by atoms with Crippen molar-refractivity contribution in [2.24, 2.45) is 0 Å². The van der Waals surface area contributed by atoms with E-state index in [-0.39, 0.29) is 0 Å². The van der Waals surface area contributed by atoms with Crippen molar-refractivity contribution in [3.8, 4) is 0 Å². The van der Waals surface area contributed by atoms with Gasteiger partial charge in [-0.3, -0.25) is 4.90 Å². The summed E-state index contributed by atoms with van der Waals surface area (Å²) in [5, 5.41) is 3.27. The van der Waals surface area contributed by atoms with Gasteiger partial charge in [0.1, 0.15) is 0 Å². The second-order valence-electron chi connectivity index (χ2n) is 3.82. The van der Waals surface area contributed by atoms with E-state index in [1.54, 1.807) is 0 Å². The quantitative estimate of drug-likeness (QED) is 0.699. The molecule has 3 nitrogen and oxygen atoms in total. The molecule has 1 fully saturated rings. The van der Waals surface area contributed by atoms with E-state index >= 15 is 0 Å². The topological polar surface area (TPSA) is 24.5 Å². The molecule has 78 valence electrons. The summed E-state index contributed by atoms with van der Waals surface area (Å²) in [5.74, 6) is 0. The van der Waals surface area contributed by atoms with Crippen LogP contribution in [0.3, 0.4) is 0 Å². The number of hydrogen-bond donors (Lipinski definition) is 1. The molecule has 0 spiro atoms. The van der Waals surface area contributed by atoms with Crippen LogP contribution in [0.25, 0.3) is 0 Å². The molecule has 1 N–H and O–H groups in total. The first-order valence-corrected chi connectivity index (χ1v) is 5.27.